The number of rotatable bonds is 3. The number of Topliss-reactive ketones (excluding diaryl/α,β-unsaturated/α-hetero) is 1. The maximum Gasteiger partial charge on any atom is 0.416 e. The molecular formula is C10H7BrClF3O. The number of hydrogen-bond donors (Lipinski definition) is 0. The predicted molar refractivity (Wildman–Crippen MR) is 59.0 cm³/mol. The number of carbonyl (C=O) groups is 1. The van der Waals surface area contributed by atoms with Crippen LogP contribution < -0.4 is 0 Å². The van der Waals surface area contributed by atoms with Crippen LogP contribution in [0.5, 0.6) is 0 Å². The van der Waals surface area contributed by atoms with Crippen molar-refractivity contribution in [3.8, 4) is 0 Å². The topological polar surface area (TPSA) is 17.1 Å². The summed E-state index contributed by atoms with van der Waals surface area (Å²) < 4.78 is 37.2. The third kappa shape index (κ3) is 3.79. The Hall–Kier alpha value is -0.550. The molecule has 16 heavy (non-hydrogen) atoms. The van der Waals surface area contributed by atoms with Crippen molar-refractivity contribution in [1.82, 2.24) is 0 Å². The first kappa shape index (κ1) is 13.5. The molecule has 0 aliphatic carbocycles. The molecule has 0 saturated carbocycles. The smallest absolute Gasteiger partial charge is 0.298 e. The Kier molecular flexibility index (Phi) is 4.38. The summed E-state index contributed by atoms with van der Waals surface area (Å²) in [5, 5.41) is 0.0909. The molecule has 0 fully saturated rings. The summed E-state index contributed by atoms with van der Waals surface area (Å²) in [6.45, 7) is 0. The van der Waals surface area contributed by atoms with E-state index in [-0.39, 0.29) is 28.1 Å². The molecule has 1 nitrogen and oxygen atoms in total. The van der Waals surface area contributed by atoms with Crippen molar-refractivity contribution in [2.75, 3.05) is 5.33 Å². The fourth-order valence-electron chi connectivity index (χ4n) is 1.19. The van der Waals surface area contributed by atoms with Crippen molar-refractivity contribution in [3.63, 3.8) is 0 Å². The summed E-state index contributed by atoms with van der Waals surface area (Å²) in [6.07, 6.45) is -4.51. The van der Waals surface area contributed by atoms with Crippen LogP contribution in [0.25, 0.3) is 0 Å². The minimum absolute atomic E-state index is 0.0211. The minimum Gasteiger partial charge on any atom is -0.298 e. The van der Waals surface area contributed by atoms with E-state index in [1.54, 1.807) is 0 Å². The van der Waals surface area contributed by atoms with Gasteiger partial charge < -0.3 is 0 Å². The standard InChI is InChI=1S/C10H7BrClF3O/c11-5-9(16)3-6-1-7(10(13,14)15)4-8(12)2-6/h1-2,4H,3,5H2. The van der Waals surface area contributed by atoms with E-state index in [0.29, 0.717) is 0 Å². The summed E-state index contributed by atoms with van der Waals surface area (Å²) >= 11 is 8.50. The van der Waals surface area contributed by atoms with Crippen molar-refractivity contribution in [1.29, 1.82) is 0 Å². The lowest BCUT2D eigenvalue weighted by atomic mass is 10.1. The molecule has 0 amide bonds. The molecule has 0 radical (unpaired) electrons. The van der Waals surface area contributed by atoms with E-state index in [1.807, 2.05) is 0 Å². The maximum atomic E-state index is 12.4. The fraction of sp³-hybridized carbons (Fsp3) is 0.300. The molecular weight excluding hydrogens is 308 g/mol. The molecule has 1 rings (SSSR count). The number of halogens is 5. The minimum atomic E-state index is -4.45. The van der Waals surface area contributed by atoms with E-state index >= 15 is 0 Å². The van der Waals surface area contributed by atoms with Crippen molar-refractivity contribution in [2.45, 2.75) is 12.6 Å². The van der Waals surface area contributed by atoms with Gasteiger partial charge in [0.15, 0.2) is 0 Å². The molecule has 0 atom stereocenters. The first-order chi connectivity index (χ1) is 7.32. The summed E-state index contributed by atoms with van der Waals surface area (Å²) in [6, 6.07) is 3.13. The van der Waals surface area contributed by atoms with Crippen LogP contribution >= 0.6 is 27.5 Å². The Morgan fingerprint density at radius 1 is 1.31 bits per heavy atom. The maximum absolute atomic E-state index is 12.4. The zero-order valence-corrected chi connectivity index (χ0v) is 10.3. The molecule has 6 heteroatoms. The van der Waals surface area contributed by atoms with Crippen LogP contribution in [0.15, 0.2) is 18.2 Å². The summed E-state index contributed by atoms with van der Waals surface area (Å²) in [5.41, 5.74) is -0.568. The summed E-state index contributed by atoms with van der Waals surface area (Å²) in [4.78, 5) is 11.1. The Morgan fingerprint density at radius 3 is 2.44 bits per heavy atom. The number of carbonyl (C=O) groups excluding carboxylic acids is 1. The van der Waals surface area contributed by atoms with E-state index in [9.17, 15) is 18.0 Å². The molecule has 0 N–H and O–H groups in total. The van der Waals surface area contributed by atoms with Crippen LogP contribution in [-0.2, 0) is 17.4 Å². The first-order valence-electron chi connectivity index (χ1n) is 4.27. The average molecular weight is 316 g/mol. The second kappa shape index (κ2) is 5.19. The van der Waals surface area contributed by atoms with Gasteiger partial charge in [0.25, 0.3) is 0 Å². The van der Waals surface area contributed by atoms with Crippen molar-refractivity contribution in [2.24, 2.45) is 0 Å². The third-order valence-electron chi connectivity index (χ3n) is 1.84. The van der Waals surface area contributed by atoms with Gasteiger partial charge in [-0.25, -0.2) is 0 Å². The molecule has 0 spiro atoms. The molecule has 0 aromatic heterocycles. The Bertz CT molecular complexity index is 404. The number of ketones is 1. The highest BCUT2D eigenvalue weighted by Crippen LogP contribution is 2.32. The second-order valence-electron chi connectivity index (χ2n) is 3.19. The number of alkyl halides is 4. The van der Waals surface area contributed by atoms with Crippen molar-refractivity contribution < 1.29 is 18.0 Å². The van der Waals surface area contributed by atoms with E-state index in [0.717, 1.165) is 12.1 Å². The average Bonchev–Trinajstić information content (AvgIpc) is 2.15. The highest BCUT2D eigenvalue weighted by atomic mass is 79.9. The van der Waals surface area contributed by atoms with Crippen LogP contribution in [0.2, 0.25) is 5.02 Å². The predicted octanol–water partition coefficient (Wildman–Crippen LogP) is 3.87. The van der Waals surface area contributed by atoms with Gasteiger partial charge >= 0.3 is 6.18 Å². The first-order valence-corrected chi connectivity index (χ1v) is 5.77. The molecule has 88 valence electrons. The van der Waals surface area contributed by atoms with E-state index in [2.05, 4.69) is 15.9 Å². The van der Waals surface area contributed by atoms with Crippen molar-refractivity contribution in [3.05, 3.63) is 34.3 Å². The van der Waals surface area contributed by atoms with Gasteiger partial charge in [-0.3, -0.25) is 4.79 Å². The Morgan fingerprint density at radius 2 is 1.94 bits per heavy atom. The fourth-order valence-corrected chi connectivity index (χ4v) is 1.65. The zero-order chi connectivity index (χ0) is 12.3. The van der Waals surface area contributed by atoms with Gasteiger partial charge in [0.2, 0.25) is 0 Å². The molecule has 0 saturated heterocycles. The van der Waals surface area contributed by atoms with Crippen LogP contribution in [0.3, 0.4) is 0 Å². The van der Waals surface area contributed by atoms with Crippen LogP contribution in [-0.4, -0.2) is 11.1 Å². The van der Waals surface area contributed by atoms with E-state index in [1.165, 1.54) is 6.07 Å². The van der Waals surface area contributed by atoms with Gasteiger partial charge in [-0.15, -0.1) is 0 Å². The van der Waals surface area contributed by atoms with Crippen LogP contribution in [0.4, 0.5) is 13.2 Å². The van der Waals surface area contributed by atoms with E-state index < -0.39 is 11.7 Å². The normalized spacial score (nSPS) is 11.6. The van der Waals surface area contributed by atoms with Gasteiger partial charge in [0.1, 0.15) is 5.78 Å². The summed E-state index contributed by atoms with van der Waals surface area (Å²) in [5.74, 6) is -0.199. The van der Waals surface area contributed by atoms with Crippen molar-refractivity contribution >= 4 is 33.3 Å². The monoisotopic (exact) mass is 314 g/mol. The summed E-state index contributed by atoms with van der Waals surface area (Å²) in [7, 11) is 0. The SMILES string of the molecule is O=C(CBr)Cc1cc(Cl)cc(C(F)(F)F)c1. The van der Waals surface area contributed by atoms with Crippen LogP contribution in [0.1, 0.15) is 11.1 Å². The molecule has 0 unspecified atom stereocenters. The van der Waals surface area contributed by atoms with Gasteiger partial charge in [-0.05, 0) is 23.8 Å². The quantitative estimate of drug-likeness (QED) is 0.774. The molecule has 0 aliphatic heterocycles. The molecule has 0 aliphatic rings. The largest absolute Gasteiger partial charge is 0.416 e. The van der Waals surface area contributed by atoms with Gasteiger partial charge in [0, 0.05) is 11.4 Å². The zero-order valence-electron chi connectivity index (χ0n) is 7.94. The van der Waals surface area contributed by atoms with Gasteiger partial charge in [0.05, 0.1) is 10.9 Å². The number of hydrogen-bond acceptors (Lipinski definition) is 1. The lowest BCUT2D eigenvalue weighted by Gasteiger charge is -2.09. The molecule has 0 heterocycles. The van der Waals surface area contributed by atoms with E-state index in [4.69, 9.17) is 11.6 Å². The highest BCUT2D eigenvalue weighted by Gasteiger charge is 2.31. The Labute approximate surface area is 104 Å². The molecule has 1 aromatic rings. The van der Waals surface area contributed by atoms with Gasteiger partial charge in [-0.1, -0.05) is 27.5 Å². The lowest BCUT2D eigenvalue weighted by molar-refractivity contribution is -0.137. The lowest BCUT2D eigenvalue weighted by Crippen LogP contribution is -2.08. The Balaban J connectivity index is 3.04. The van der Waals surface area contributed by atoms with Crippen LogP contribution in [0, 0.1) is 0 Å². The molecule has 1 aromatic carbocycles. The number of benzene rings is 1. The van der Waals surface area contributed by atoms with Gasteiger partial charge in [-0.2, -0.15) is 13.2 Å². The highest BCUT2D eigenvalue weighted by molar-refractivity contribution is 9.09. The third-order valence-corrected chi connectivity index (χ3v) is 2.68. The molecule has 0 bridgehead atoms. The second-order valence-corrected chi connectivity index (χ2v) is 4.19.